The standard InChI is InChI=1S/C18H32O2/c1-4-5-6-7-9-17-10-8-11-18(17)12-13-20-16(3)14-15(2)19/h9,12-13,15-16,18-19H,4-8,10-11,14H2,1-3H3/b13-12+,17-9-/t15-,16-,18?/m1/s1. The quantitative estimate of drug-likeness (QED) is 0.366. The van der Waals surface area contributed by atoms with Gasteiger partial charge in [-0.25, -0.2) is 0 Å². The van der Waals surface area contributed by atoms with Gasteiger partial charge in [0.05, 0.1) is 18.5 Å². The predicted molar refractivity (Wildman–Crippen MR) is 85.6 cm³/mol. The lowest BCUT2D eigenvalue weighted by Gasteiger charge is -2.13. The van der Waals surface area contributed by atoms with Gasteiger partial charge in [-0.15, -0.1) is 0 Å². The highest BCUT2D eigenvalue weighted by Gasteiger charge is 2.18. The molecule has 0 aliphatic heterocycles. The minimum atomic E-state index is -0.293. The minimum Gasteiger partial charge on any atom is -0.499 e. The van der Waals surface area contributed by atoms with Gasteiger partial charge in [-0.2, -0.15) is 0 Å². The summed E-state index contributed by atoms with van der Waals surface area (Å²) in [7, 11) is 0. The molecular formula is C18H32O2. The SMILES string of the molecule is CCCCC/C=C1/CCCC1/C=C/O[C@H](C)C[C@@H](C)O. The molecule has 1 saturated carbocycles. The number of allylic oxidation sites excluding steroid dienone is 3. The molecule has 0 spiro atoms. The molecule has 2 heteroatoms. The lowest BCUT2D eigenvalue weighted by molar-refractivity contribution is 0.0873. The van der Waals surface area contributed by atoms with Crippen molar-refractivity contribution in [2.45, 2.75) is 84.3 Å². The Balaban J connectivity index is 2.33. The van der Waals surface area contributed by atoms with Gasteiger partial charge in [-0.1, -0.05) is 31.4 Å². The fraction of sp³-hybridized carbons (Fsp3) is 0.778. The van der Waals surface area contributed by atoms with E-state index in [1.54, 1.807) is 12.5 Å². The molecule has 0 aromatic rings. The molecule has 1 N–H and O–H groups in total. The number of unbranched alkanes of at least 4 members (excludes halogenated alkanes) is 3. The lowest BCUT2D eigenvalue weighted by atomic mass is 10.0. The summed E-state index contributed by atoms with van der Waals surface area (Å²) < 4.78 is 5.64. The molecule has 2 nitrogen and oxygen atoms in total. The molecule has 0 bridgehead atoms. The van der Waals surface area contributed by atoms with Crippen LogP contribution in [0.1, 0.15) is 72.1 Å². The number of rotatable bonds is 9. The molecule has 0 heterocycles. The van der Waals surface area contributed by atoms with Crippen LogP contribution < -0.4 is 0 Å². The summed E-state index contributed by atoms with van der Waals surface area (Å²) in [5, 5.41) is 9.30. The second kappa shape index (κ2) is 10.0. The van der Waals surface area contributed by atoms with Crippen LogP contribution in [0, 0.1) is 5.92 Å². The Morgan fingerprint density at radius 3 is 2.85 bits per heavy atom. The summed E-state index contributed by atoms with van der Waals surface area (Å²) in [5.74, 6) is 0.579. The predicted octanol–water partition coefficient (Wildman–Crippen LogP) is 4.98. The Hall–Kier alpha value is -0.760. The third-order valence-corrected chi connectivity index (χ3v) is 3.97. The Morgan fingerprint density at radius 2 is 2.15 bits per heavy atom. The zero-order chi connectivity index (χ0) is 14.8. The van der Waals surface area contributed by atoms with Crippen molar-refractivity contribution in [2.75, 3.05) is 0 Å². The van der Waals surface area contributed by atoms with Crippen molar-refractivity contribution < 1.29 is 9.84 Å². The van der Waals surface area contributed by atoms with E-state index in [9.17, 15) is 5.11 Å². The van der Waals surface area contributed by atoms with Gasteiger partial charge in [0.1, 0.15) is 0 Å². The van der Waals surface area contributed by atoms with Gasteiger partial charge < -0.3 is 9.84 Å². The zero-order valence-corrected chi connectivity index (χ0v) is 13.5. The van der Waals surface area contributed by atoms with E-state index in [2.05, 4.69) is 19.1 Å². The number of aliphatic hydroxyl groups is 1. The van der Waals surface area contributed by atoms with Crippen LogP contribution in [-0.2, 0) is 4.74 Å². The van der Waals surface area contributed by atoms with E-state index in [4.69, 9.17) is 4.74 Å². The average Bonchev–Trinajstić information content (AvgIpc) is 2.81. The average molecular weight is 280 g/mol. The summed E-state index contributed by atoms with van der Waals surface area (Å²) in [6.45, 7) is 6.06. The molecule has 0 saturated heterocycles. The van der Waals surface area contributed by atoms with Crippen molar-refractivity contribution in [1.82, 2.24) is 0 Å². The van der Waals surface area contributed by atoms with Crippen LogP contribution in [0.3, 0.4) is 0 Å². The number of ether oxygens (including phenoxy) is 1. The van der Waals surface area contributed by atoms with Crippen molar-refractivity contribution in [3.8, 4) is 0 Å². The topological polar surface area (TPSA) is 29.5 Å². The number of hydrogen-bond acceptors (Lipinski definition) is 2. The van der Waals surface area contributed by atoms with Crippen LogP contribution in [0.4, 0.5) is 0 Å². The maximum Gasteiger partial charge on any atom is 0.0974 e. The van der Waals surface area contributed by atoms with Gasteiger partial charge >= 0.3 is 0 Å². The van der Waals surface area contributed by atoms with Crippen molar-refractivity contribution in [2.24, 2.45) is 5.92 Å². The Labute approximate surface area is 124 Å². The van der Waals surface area contributed by atoms with Crippen molar-refractivity contribution in [1.29, 1.82) is 0 Å². The summed E-state index contributed by atoms with van der Waals surface area (Å²) in [4.78, 5) is 0. The fourth-order valence-corrected chi connectivity index (χ4v) is 2.86. The highest BCUT2D eigenvalue weighted by atomic mass is 16.5. The molecule has 20 heavy (non-hydrogen) atoms. The van der Waals surface area contributed by atoms with Crippen LogP contribution in [0.25, 0.3) is 0 Å². The molecule has 116 valence electrons. The molecule has 3 atom stereocenters. The summed E-state index contributed by atoms with van der Waals surface area (Å²) >= 11 is 0. The molecule has 0 radical (unpaired) electrons. The Kier molecular flexibility index (Phi) is 8.68. The molecule has 0 aromatic heterocycles. The molecule has 0 amide bonds. The van der Waals surface area contributed by atoms with E-state index >= 15 is 0 Å². The first-order valence-electron chi connectivity index (χ1n) is 8.32. The van der Waals surface area contributed by atoms with Gasteiger partial charge in [-0.3, -0.25) is 0 Å². The molecule has 1 rings (SSSR count). The second-order valence-electron chi connectivity index (χ2n) is 6.13. The van der Waals surface area contributed by atoms with Gasteiger partial charge in [0.25, 0.3) is 0 Å². The van der Waals surface area contributed by atoms with E-state index in [0.717, 1.165) is 0 Å². The number of hydrogen-bond donors (Lipinski definition) is 1. The van der Waals surface area contributed by atoms with Gasteiger partial charge in [0.2, 0.25) is 0 Å². The maximum absolute atomic E-state index is 9.30. The first kappa shape index (κ1) is 17.3. The molecule has 1 aliphatic carbocycles. The highest BCUT2D eigenvalue weighted by Crippen LogP contribution is 2.32. The van der Waals surface area contributed by atoms with Gasteiger partial charge in [0.15, 0.2) is 0 Å². The van der Waals surface area contributed by atoms with Crippen LogP contribution in [-0.4, -0.2) is 17.3 Å². The smallest absolute Gasteiger partial charge is 0.0974 e. The summed E-state index contributed by atoms with van der Waals surface area (Å²) in [5.41, 5.74) is 1.60. The van der Waals surface area contributed by atoms with Gasteiger partial charge in [-0.05, 0) is 52.0 Å². The first-order chi connectivity index (χ1) is 9.63. The van der Waals surface area contributed by atoms with E-state index in [1.165, 1.54) is 44.9 Å². The monoisotopic (exact) mass is 280 g/mol. The molecule has 0 aromatic carbocycles. The largest absolute Gasteiger partial charge is 0.499 e. The maximum atomic E-state index is 9.30. The Morgan fingerprint density at radius 1 is 1.35 bits per heavy atom. The molecule has 1 aliphatic rings. The van der Waals surface area contributed by atoms with Crippen molar-refractivity contribution in [3.05, 3.63) is 24.0 Å². The second-order valence-corrected chi connectivity index (χ2v) is 6.13. The van der Waals surface area contributed by atoms with E-state index in [0.29, 0.717) is 12.3 Å². The fourth-order valence-electron chi connectivity index (χ4n) is 2.86. The van der Waals surface area contributed by atoms with Crippen molar-refractivity contribution in [3.63, 3.8) is 0 Å². The van der Waals surface area contributed by atoms with Gasteiger partial charge in [0, 0.05) is 12.3 Å². The van der Waals surface area contributed by atoms with Crippen LogP contribution in [0.2, 0.25) is 0 Å². The third-order valence-electron chi connectivity index (χ3n) is 3.97. The van der Waals surface area contributed by atoms with E-state index < -0.39 is 0 Å². The Bertz CT molecular complexity index is 305. The van der Waals surface area contributed by atoms with E-state index in [1.807, 2.05) is 13.2 Å². The zero-order valence-electron chi connectivity index (χ0n) is 13.5. The lowest BCUT2D eigenvalue weighted by Crippen LogP contribution is -2.13. The summed E-state index contributed by atoms with van der Waals surface area (Å²) in [6, 6.07) is 0. The number of aliphatic hydroxyl groups excluding tert-OH is 1. The van der Waals surface area contributed by atoms with E-state index in [-0.39, 0.29) is 12.2 Å². The van der Waals surface area contributed by atoms with Crippen LogP contribution in [0.15, 0.2) is 24.0 Å². The van der Waals surface area contributed by atoms with Crippen LogP contribution in [0.5, 0.6) is 0 Å². The third kappa shape index (κ3) is 7.14. The molecular weight excluding hydrogens is 248 g/mol. The minimum absolute atomic E-state index is 0.0876. The summed E-state index contributed by atoms with van der Waals surface area (Å²) in [6.07, 6.45) is 16.0. The molecule has 1 fully saturated rings. The molecule has 1 unspecified atom stereocenters. The normalized spacial score (nSPS) is 24.4. The first-order valence-corrected chi connectivity index (χ1v) is 8.32. The van der Waals surface area contributed by atoms with Crippen LogP contribution >= 0.6 is 0 Å². The van der Waals surface area contributed by atoms with Crippen molar-refractivity contribution >= 4 is 0 Å². The highest BCUT2D eigenvalue weighted by molar-refractivity contribution is 5.16.